The minimum absolute atomic E-state index is 0.646. The topological polar surface area (TPSA) is 49.8 Å². The molecule has 0 fully saturated rings. The van der Waals surface area contributed by atoms with E-state index in [9.17, 15) is 0 Å². The highest BCUT2D eigenvalue weighted by Crippen LogP contribution is 2.18. The highest BCUT2D eigenvalue weighted by atomic mass is 15.1. The SMILES string of the molecule is CCc1cc(Nc2ccc(C)cc2)nc(NCc2ccccc2)n1. The van der Waals surface area contributed by atoms with Gasteiger partial charge in [-0.1, -0.05) is 55.0 Å². The zero-order valence-electron chi connectivity index (χ0n) is 14.1. The van der Waals surface area contributed by atoms with Crippen LogP contribution in [0.3, 0.4) is 0 Å². The predicted octanol–water partition coefficient (Wildman–Crippen LogP) is 4.70. The Hall–Kier alpha value is -2.88. The summed E-state index contributed by atoms with van der Waals surface area (Å²) < 4.78 is 0. The Morgan fingerprint density at radius 2 is 1.67 bits per heavy atom. The molecule has 0 amide bonds. The van der Waals surface area contributed by atoms with Crippen molar-refractivity contribution in [3.63, 3.8) is 0 Å². The monoisotopic (exact) mass is 318 g/mol. The van der Waals surface area contributed by atoms with Crippen LogP contribution in [-0.4, -0.2) is 9.97 Å². The third-order valence-corrected chi connectivity index (χ3v) is 3.76. The fraction of sp³-hybridized carbons (Fsp3) is 0.200. The Labute approximate surface area is 143 Å². The summed E-state index contributed by atoms with van der Waals surface area (Å²) in [4.78, 5) is 9.14. The summed E-state index contributed by atoms with van der Waals surface area (Å²) in [6.45, 7) is 4.88. The van der Waals surface area contributed by atoms with E-state index in [2.05, 4.69) is 70.8 Å². The second kappa shape index (κ2) is 7.59. The first-order valence-electron chi connectivity index (χ1n) is 8.22. The van der Waals surface area contributed by atoms with Gasteiger partial charge >= 0.3 is 0 Å². The van der Waals surface area contributed by atoms with Gasteiger partial charge in [0.2, 0.25) is 5.95 Å². The number of hydrogen-bond donors (Lipinski definition) is 2. The van der Waals surface area contributed by atoms with Crippen LogP contribution in [0.5, 0.6) is 0 Å². The van der Waals surface area contributed by atoms with Gasteiger partial charge < -0.3 is 10.6 Å². The maximum Gasteiger partial charge on any atom is 0.225 e. The first-order chi connectivity index (χ1) is 11.7. The number of rotatable bonds is 6. The average molecular weight is 318 g/mol. The number of anilines is 3. The summed E-state index contributed by atoms with van der Waals surface area (Å²) >= 11 is 0. The van der Waals surface area contributed by atoms with Gasteiger partial charge in [0.15, 0.2) is 0 Å². The van der Waals surface area contributed by atoms with Crippen molar-refractivity contribution in [1.82, 2.24) is 9.97 Å². The number of hydrogen-bond acceptors (Lipinski definition) is 4. The van der Waals surface area contributed by atoms with Crippen LogP contribution in [0.1, 0.15) is 23.7 Å². The molecule has 2 aromatic carbocycles. The summed E-state index contributed by atoms with van der Waals surface area (Å²) in [5.41, 5.74) is 4.48. The van der Waals surface area contributed by atoms with Crippen LogP contribution in [-0.2, 0) is 13.0 Å². The molecule has 1 aromatic heterocycles. The molecule has 0 atom stereocenters. The maximum absolute atomic E-state index is 4.58. The van der Waals surface area contributed by atoms with Crippen LogP contribution in [0.15, 0.2) is 60.7 Å². The number of nitrogens with zero attached hydrogens (tertiary/aromatic N) is 2. The van der Waals surface area contributed by atoms with Crippen molar-refractivity contribution in [2.45, 2.75) is 26.8 Å². The van der Waals surface area contributed by atoms with Crippen molar-refractivity contribution in [2.24, 2.45) is 0 Å². The zero-order chi connectivity index (χ0) is 16.8. The van der Waals surface area contributed by atoms with Crippen molar-refractivity contribution >= 4 is 17.5 Å². The highest BCUT2D eigenvalue weighted by molar-refractivity contribution is 5.58. The van der Waals surface area contributed by atoms with E-state index in [-0.39, 0.29) is 0 Å². The number of aryl methyl sites for hydroxylation is 2. The minimum Gasteiger partial charge on any atom is -0.350 e. The third kappa shape index (κ3) is 4.32. The molecule has 3 rings (SSSR count). The molecule has 0 aliphatic carbocycles. The fourth-order valence-electron chi connectivity index (χ4n) is 2.38. The molecule has 0 saturated carbocycles. The zero-order valence-corrected chi connectivity index (χ0v) is 14.1. The molecule has 24 heavy (non-hydrogen) atoms. The van der Waals surface area contributed by atoms with E-state index in [4.69, 9.17) is 0 Å². The second-order valence-corrected chi connectivity index (χ2v) is 5.75. The number of aromatic nitrogens is 2. The lowest BCUT2D eigenvalue weighted by Crippen LogP contribution is -2.07. The Bertz CT molecular complexity index is 782. The third-order valence-electron chi connectivity index (χ3n) is 3.76. The Morgan fingerprint density at radius 1 is 0.917 bits per heavy atom. The normalized spacial score (nSPS) is 10.4. The fourth-order valence-corrected chi connectivity index (χ4v) is 2.38. The summed E-state index contributed by atoms with van der Waals surface area (Å²) in [5, 5.41) is 6.66. The quantitative estimate of drug-likeness (QED) is 0.691. The van der Waals surface area contributed by atoms with E-state index in [1.165, 1.54) is 11.1 Å². The van der Waals surface area contributed by atoms with Gasteiger partial charge in [-0.3, -0.25) is 0 Å². The molecule has 0 unspecified atom stereocenters. The molecule has 4 nitrogen and oxygen atoms in total. The lowest BCUT2D eigenvalue weighted by Gasteiger charge is -2.11. The first kappa shape index (κ1) is 16.0. The molecule has 1 heterocycles. The van der Waals surface area contributed by atoms with Crippen molar-refractivity contribution in [3.8, 4) is 0 Å². The molecule has 0 saturated heterocycles. The lowest BCUT2D eigenvalue weighted by atomic mass is 10.2. The van der Waals surface area contributed by atoms with E-state index in [1.54, 1.807) is 0 Å². The molecule has 0 spiro atoms. The van der Waals surface area contributed by atoms with Crippen molar-refractivity contribution in [3.05, 3.63) is 77.5 Å². The molecule has 3 aromatic rings. The van der Waals surface area contributed by atoms with E-state index >= 15 is 0 Å². The molecular formula is C20H22N4. The average Bonchev–Trinajstić information content (AvgIpc) is 2.62. The predicted molar refractivity (Wildman–Crippen MR) is 99.6 cm³/mol. The van der Waals surface area contributed by atoms with Gasteiger partial charge in [-0.05, 0) is 31.0 Å². The van der Waals surface area contributed by atoms with E-state index in [1.807, 2.05) is 24.3 Å². The van der Waals surface area contributed by atoms with E-state index in [0.717, 1.165) is 23.6 Å². The molecule has 0 bridgehead atoms. The maximum atomic E-state index is 4.58. The number of benzene rings is 2. The van der Waals surface area contributed by atoms with Crippen LogP contribution in [0.25, 0.3) is 0 Å². The van der Waals surface area contributed by atoms with Crippen molar-refractivity contribution in [2.75, 3.05) is 10.6 Å². The molecule has 0 radical (unpaired) electrons. The van der Waals surface area contributed by atoms with E-state index in [0.29, 0.717) is 12.5 Å². The second-order valence-electron chi connectivity index (χ2n) is 5.75. The van der Waals surface area contributed by atoms with Crippen molar-refractivity contribution < 1.29 is 0 Å². The van der Waals surface area contributed by atoms with Crippen LogP contribution >= 0.6 is 0 Å². The van der Waals surface area contributed by atoms with Gasteiger partial charge in [0, 0.05) is 24.0 Å². The van der Waals surface area contributed by atoms with Crippen LogP contribution in [0.4, 0.5) is 17.5 Å². The molecule has 0 aliphatic heterocycles. The Balaban J connectivity index is 1.76. The summed E-state index contributed by atoms with van der Waals surface area (Å²) in [7, 11) is 0. The summed E-state index contributed by atoms with van der Waals surface area (Å²) in [5.74, 6) is 1.45. The van der Waals surface area contributed by atoms with Crippen LogP contribution in [0.2, 0.25) is 0 Å². The molecule has 2 N–H and O–H groups in total. The molecule has 122 valence electrons. The summed E-state index contributed by atoms with van der Waals surface area (Å²) in [6.07, 6.45) is 0.866. The molecule has 4 heteroatoms. The van der Waals surface area contributed by atoms with Gasteiger partial charge in [-0.15, -0.1) is 0 Å². The van der Waals surface area contributed by atoms with Crippen molar-refractivity contribution in [1.29, 1.82) is 0 Å². The van der Waals surface area contributed by atoms with Gasteiger partial charge in [0.1, 0.15) is 5.82 Å². The van der Waals surface area contributed by atoms with Gasteiger partial charge in [-0.25, -0.2) is 4.98 Å². The lowest BCUT2D eigenvalue weighted by molar-refractivity contribution is 0.977. The first-order valence-corrected chi connectivity index (χ1v) is 8.22. The summed E-state index contributed by atoms with van der Waals surface area (Å²) in [6, 6.07) is 20.5. The minimum atomic E-state index is 0.646. The smallest absolute Gasteiger partial charge is 0.225 e. The van der Waals surface area contributed by atoms with Crippen LogP contribution in [0, 0.1) is 6.92 Å². The largest absolute Gasteiger partial charge is 0.350 e. The molecular weight excluding hydrogens is 296 g/mol. The molecule has 0 aliphatic rings. The Morgan fingerprint density at radius 3 is 2.38 bits per heavy atom. The highest BCUT2D eigenvalue weighted by Gasteiger charge is 2.04. The van der Waals surface area contributed by atoms with E-state index < -0.39 is 0 Å². The Kier molecular flexibility index (Phi) is 5.06. The van der Waals surface area contributed by atoms with Gasteiger partial charge in [0.25, 0.3) is 0 Å². The standard InChI is InChI=1S/C20H22N4/c1-3-17-13-19(22-18-11-9-15(2)10-12-18)24-20(23-17)21-14-16-7-5-4-6-8-16/h4-13H,3,14H2,1-2H3,(H2,21,22,23,24). The van der Waals surface area contributed by atoms with Gasteiger partial charge in [-0.2, -0.15) is 4.98 Å². The van der Waals surface area contributed by atoms with Gasteiger partial charge in [0.05, 0.1) is 0 Å². The number of nitrogens with one attached hydrogen (secondary N) is 2. The van der Waals surface area contributed by atoms with Crippen LogP contribution < -0.4 is 10.6 Å².